The number of nitrogens with zero attached hydrogens (tertiary/aromatic N) is 2. The van der Waals surface area contributed by atoms with Crippen LogP contribution in [0.5, 0.6) is 5.88 Å². The molecule has 4 nitrogen and oxygen atoms in total. The average molecular weight is 207 g/mol. The molecule has 0 spiro atoms. The Morgan fingerprint density at radius 1 is 1.40 bits per heavy atom. The van der Waals surface area contributed by atoms with Crippen LogP contribution >= 0.6 is 0 Å². The Kier molecular flexibility index (Phi) is 2.86. The molecule has 1 aliphatic rings. The van der Waals surface area contributed by atoms with Crippen molar-refractivity contribution < 1.29 is 4.74 Å². The van der Waals surface area contributed by atoms with E-state index >= 15 is 0 Å². The molecule has 1 fully saturated rings. The van der Waals surface area contributed by atoms with Crippen LogP contribution < -0.4 is 10.5 Å². The number of ether oxygens (including phenoxy) is 1. The third-order valence-corrected chi connectivity index (χ3v) is 2.67. The monoisotopic (exact) mass is 207 g/mol. The van der Waals surface area contributed by atoms with E-state index in [9.17, 15) is 0 Å². The number of hydrogen-bond acceptors (Lipinski definition) is 4. The predicted molar refractivity (Wildman–Crippen MR) is 57.7 cm³/mol. The van der Waals surface area contributed by atoms with Gasteiger partial charge in [0.25, 0.3) is 0 Å². The lowest BCUT2D eigenvalue weighted by Gasteiger charge is -2.32. The fraction of sp³-hybridized carbons (Fsp3) is 0.636. The molecule has 2 N–H and O–H groups in total. The zero-order valence-corrected chi connectivity index (χ0v) is 9.18. The normalized spacial score (nSPS) is 25.1. The Morgan fingerprint density at radius 3 is 2.73 bits per heavy atom. The van der Waals surface area contributed by atoms with Crippen LogP contribution in [0.3, 0.4) is 0 Å². The molecular formula is C11H17N3O. The van der Waals surface area contributed by atoms with Gasteiger partial charge in [0.1, 0.15) is 12.4 Å². The van der Waals surface area contributed by atoms with Crippen LogP contribution in [0.2, 0.25) is 0 Å². The first-order valence-electron chi connectivity index (χ1n) is 5.39. The molecule has 0 aromatic carbocycles. The van der Waals surface area contributed by atoms with E-state index < -0.39 is 0 Å². The molecule has 1 aliphatic carbocycles. The van der Waals surface area contributed by atoms with Crippen LogP contribution in [0.15, 0.2) is 12.4 Å². The molecule has 1 aromatic heterocycles. The van der Waals surface area contributed by atoms with E-state index in [1.165, 1.54) is 0 Å². The van der Waals surface area contributed by atoms with Crippen molar-refractivity contribution in [2.24, 2.45) is 5.73 Å². The lowest BCUT2D eigenvalue weighted by Crippen LogP contribution is -2.43. The van der Waals surface area contributed by atoms with E-state index in [-0.39, 0.29) is 6.10 Å². The summed E-state index contributed by atoms with van der Waals surface area (Å²) in [5, 5.41) is 0. The number of nitrogens with two attached hydrogens (primary N) is 1. The highest BCUT2D eigenvalue weighted by molar-refractivity contribution is 5.16. The fourth-order valence-corrected chi connectivity index (χ4v) is 1.61. The maximum atomic E-state index is 5.69. The maximum absolute atomic E-state index is 5.69. The Balaban J connectivity index is 1.99. The van der Waals surface area contributed by atoms with E-state index in [0.29, 0.717) is 17.8 Å². The molecule has 0 bridgehead atoms. The van der Waals surface area contributed by atoms with Crippen LogP contribution in [0, 0.1) is 0 Å². The van der Waals surface area contributed by atoms with Gasteiger partial charge in [-0.2, -0.15) is 0 Å². The molecular weight excluding hydrogens is 190 g/mol. The Labute approximate surface area is 89.9 Å². The van der Waals surface area contributed by atoms with E-state index in [1.54, 1.807) is 6.33 Å². The molecule has 82 valence electrons. The highest BCUT2D eigenvalue weighted by atomic mass is 16.5. The van der Waals surface area contributed by atoms with Gasteiger partial charge < -0.3 is 10.5 Å². The van der Waals surface area contributed by atoms with Gasteiger partial charge in [0, 0.05) is 12.1 Å². The van der Waals surface area contributed by atoms with Crippen LogP contribution in [-0.4, -0.2) is 22.1 Å². The van der Waals surface area contributed by atoms with Crippen molar-refractivity contribution in [3.8, 4) is 5.88 Å². The molecule has 0 radical (unpaired) electrons. The second-order valence-electron chi connectivity index (χ2n) is 4.41. The third kappa shape index (κ3) is 2.45. The van der Waals surface area contributed by atoms with Crippen molar-refractivity contribution in [3.05, 3.63) is 18.1 Å². The van der Waals surface area contributed by atoms with E-state index in [0.717, 1.165) is 18.5 Å². The zero-order valence-electron chi connectivity index (χ0n) is 9.18. The summed E-state index contributed by atoms with van der Waals surface area (Å²) in [5.41, 5.74) is 6.71. The van der Waals surface area contributed by atoms with E-state index in [1.807, 2.05) is 6.07 Å². The summed E-state index contributed by atoms with van der Waals surface area (Å²) in [6.07, 6.45) is 3.67. The molecule has 0 aliphatic heterocycles. The van der Waals surface area contributed by atoms with Crippen molar-refractivity contribution in [1.82, 2.24) is 9.97 Å². The molecule has 1 heterocycles. The average Bonchev–Trinajstić information content (AvgIpc) is 2.16. The Morgan fingerprint density at radius 2 is 2.13 bits per heavy atom. The third-order valence-electron chi connectivity index (χ3n) is 2.67. The van der Waals surface area contributed by atoms with Gasteiger partial charge in [-0.05, 0) is 18.8 Å². The predicted octanol–water partition coefficient (Wildman–Crippen LogP) is 1.47. The highest BCUT2D eigenvalue weighted by Gasteiger charge is 2.28. The van der Waals surface area contributed by atoms with Crippen molar-refractivity contribution in [1.29, 1.82) is 0 Å². The van der Waals surface area contributed by atoms with Gasteiger partial charge in [-0.3, -0.25) is 0 Å². The summed E-state index contributed by atoms with van der Waals surface area (Å²) in [6.45, 7) is 4.21. The lowest BCUT2D eigenvalue weighted by atomic mass is 9.90. The van der Waals surface area contributed by atoms with Crippen molar-refractivity contribution in [2.75, 3.05) is 0 Å². The molecule has 0 amide bonds. The first-order chi connectivity index (χ1) is 7.15. The van der Waals surface area contributed by atoms with Gasteiger partial charge in [0.15, 0.2) is 0 Å². The quantitative estimate of drug-likeness (QED) is 0.815. The topological polar surface area (TPSA) is 61.0 Å². The van der Waals surface area contributed by atoms with Gasteiger partial charge in [0.05, 0.1) is 5.69 Å². The standard InChI is InChI=1S/C11H17N3O/c1-7(2)10-5-11(14-6-13-10)15-9-3-8(12)4-9/h5-9H,3-4,12H2,1-2H3. The minimum Gasteiger partial charge on any atom is -0.474 e. The van der Waals surface area contributed by atoms with Gasteiger partial charge >= 0.3 is 0 Å². The molecule has 0 atom stereocenters. The van der Waals surface area contributed by atoms with Gasteiger partial charge in [-0.1, -0.05) is 13.8 Å². The Bertz CT molecular complexity index is 334. The summed E-state index contributed by atoms with van der Waals surface area (Å²) in [4.78, 5) is 8.28. The number of hydrogen-bond donors (Lipinski definition) is 1. The Hall–Kier alpha value is -1.16. The molecule has 0 saturated heterocycles. The van der Waals surface area contributed by atoms with Gasteiger partial charge in [-0.25, -0.2) is 9.97 Å². The summed E-state index contributed by atoms with van der Waals surface area (Å²) >= 11 is 0. The molecule has 2 rings (SSSR count). The summed E-state index contributed by atoms with van der Waals surface area (Å²) in [7, 11) is 0. The maximum Gasteiger partial charge on any atom is 0.216 e. The minimum atomic E-state index is 0.245. The van der Waals surface area contributed by atoms with Crippen LogP contribution in [0.4, 0.5) is 0 Å². The van der Waals surface area contributed by atoms with Crippen LogP contribution in [0.1, 0.15) is 38.3 Å². The van der Waals surface area contributed by atoms with Crippen LogP contribution in [-0.2, 0) is 0 Å². The SMILES string of the molecule is CC(C)c1cc(OC2CC(N)C2)ncn1. The first kappa shape index (κ1) is 10.4. The lowest BCUT2D eigenvalue weighted by molar-refractivity contribution is 0.0955. The second kappa shape index (κ2) is 4.14. The van der Waals surface area contributed by atoms with Crippen molar-refractivity contribution in [2.45, 2.75) is 44.8 Å². The number of aromatic nitrogens is 2. The second-order valence-corrected chi connectivity index (χ2v) is 4.41. The summed E-state index contributed by atoms with van der Waals surface area (Å²) < 4.78 is 5.68. The zero-order chi connectivity index (χ0) is 10.8. The minimum absolute atomic E-state index is 0.245. The largest absolute Gasteiger partial charge is 0.474 e. The summed E-state index contributed by atoms with van der Waals surface area (Å²) in [5.74, 6) is 1.07. The van der Waals surface area contributed by atoms with Crippen molar-refractivity contribution >= 4 is 0 Å². The first-order valence-corrected chi connectivity index (χ1v) is 5.39. The van der Waals surface area contributed by atoms with E-state index in [4.69, 9.17) is 10.5 Å². The number of rotatable bonds is 3. The smallest absolute Gasteiger partial charge is 0.216 e. The van der Waals surface area contributed by atoms with Gasteiger partial charge in [-0.15, -0.1) is 0 Å². The van der Waals surface area contributed by atoms with Crippen LogP contribution in [0.25, 0.3) is 0 Å². The van der Waals surface area contributed by atoms with Crippen molar-refractivity contribution in [3.63, 3.8) is 0 Å². The molecule has 1 aromatic rings. The van der Waals surface area contributed by atoms with Gasteiger partial charge in [0.2, 0.25) is 5.88 Å². The highest BCUT2D eigenvalue weighted by Crippen LogP contribution is 2.24. The molecule has 15 heavy (non-hydrogen) atoms. The summed E-state index contributed by atoms with van der Waals surface area (Å²) in [6, 6.07) is 2.22. The molecule has 1 saturated carbocycles. The fourth-order valence-electron chi connectivity index (χ4n) is 1.61. The van der Waals surface area contributed by atoms with E-state index in [2.05, 4.69) is 23.8 Å². The molecule has 4 heteroatoms. The molecule has 0 unspecified atom stereocenters.